The zero-order valence-electron chi connectivity index (χ0n) is 11.2. The van der Waals surface area contributed by atoms with Gasteiger partial charge in [-0.3, -0.25) is 4.68 Å². The second-order valence-electron chi connectivity index (χ2n) is 5.40. The largest absolute Gasteiger partial charge is 0.458 e. The summed E-state index contributed by atoms with van der Waals surface area (Å²) in [6.45, 7) is 4.46. The van der Waals surface area contributed by atoms with Crippen LogP contribution in [0.2, 0.25) is 0 Å². The van der Waals surface area contributed by atoms with Crippen LogP contribution in [-0.2, 0) is 11.8 Å². The van der Waals surface area contributed by atoms with E-state index >= 15 is 0 Å². The summed E-state index contributed by atoms with van der Waals surface area (Å²) in [5.41, 5.74) is 6.31. The first-order valence-corrected chi connectivity index (χ1v) is 6.47. The minimum atomic E-state index is -0.403. The molecule has 2 N–H and O–H groups in total. The monoisotopic (exact) mass is 251 g/mol. The maximum absolute atomic E-state index is 12.0. The fourth-order valence-corrected chi connectivity index (χ4v) is 2.48. The lowest BCUT2D eigenvalue weighted by atomic mass is 9.80. The topological polar surface area (TPSA) is 70.1 Å². The molecule has 3 atom stereocenters. The Morgan fingerprint density at radius 3 is 2.72 bits per heavy atom. The minimum absolute atomic E-state index is 0.00473. The van der Waals surface area contributed by atoms with Crippen LogP contribution < -0.4 is 5.73 Å². The zero-order chi connectivity index (χ0) is 13.3. The van der Waals surface area contributed by atoms with Gasteiger partial charge in [-0.15, -0.1) is 0 Å². The van der Waals surface area contributed by atoms with Crippen molar-refractivity contribution in [2.24, 2.45) is 18.9 Å². The van der Waals surface area contributed by atoms with Gasteiger partial charge < -0.3 is 10.5 Å². The molecule has 2 rings (SSSR count). The van der Waals surface area contributed by atoms with E-state index in [4.69, 9.17) is 10.5 Å². The van der Waals surface area contributed by atoms with E-state index in [0.717, 1.165) is 19.3 Å². The summed E-state index contributed by atoms with van der Waals surface area (Å²) in [7, 11) is 1.73. The number of nitrogens with zero attached hydrogens (tertiary/aromatic N) is 2. The normalized spacial score (nSPS) is 28.1. The van der Waals surface area contributed by atoms with Crippen LogP contribution in [-0.4, -0.2) is 21.9 Å². The maximum atomic E-state index is 12.0. The van der Waals surface area contributed by atoms with Crippen LogP contribution in [0.3, 0.4) is 0 Å². The van der Waals surface area contributed by atoms with Gasteiger partial charge in [0.15, 0.2) is 5.69 Å². The van der Waals surface area contributed by atoms with Crippen molar-refractivity contribution in [2.75, 3.05) is 5.73 Å². The second-order valence-corrected chi connectivity index (χ2v) is 5.40. The molecule has 1 aliphatic carbocycles. The van der Waals surface area contributed by atoms with Gasteiger partial charge in [-0.2, -0.15) is 5.10 Å². The van der Waals surface area contributed by atoms with E-state index in [2.05, 4.69) is 18.9 Å². The predicted octanol–water partition coefficient (Wildman–Crippen LogP) is 1.98. The quantitative estimate of drug-likeness (QED) is 0.816. The number of carbonyl (C=O) groups excluding carboxylic acids is 1. The number of carbonyl (C=O) groups is 1. The SMILES string of the molecule is CC1CCC(OC(=O)c2nn(C)cc2N)CC1C. The number of rotatable bonds is 2. The highest BCUT2D eigenvalue weighted by Crippen LogP contribution is 2.31. The highest BCUT2D eigenvalue weighted by atomic mass is 16.5. The predicted molar refractivity (Wildman–Crippen MR) is 69.0 cm³/mol. The fourth-order valence-electron chi connectivity index (χ4n) is 2.48. The Labute approximate surface area is 107 Å². The highest BCUT2D eigenvalue weighted by molar-refractivity contribution is 5.92. The Hall–Kier alpha value is -1.52. The van der Waals surface area contributed by atoms with Crippen molar-refractivity contribution in [3.8, 4) is 0 Å². The summed E-state index contributed by atoms with van der Waals surface area (Å²) in [6, 6.07) is 0. The molecule has 1 heterocycles. The van der Waals surface area contributed by atoms with Gasteiger partial charge in [0.1, 0.15) is 6.10 Å². The van der Waals surface area contributed by atoms with Gasteiger partial charge in [-0.1, -0.05) is 13.8 Å². The van der Waals surface area contributed by atoms with Gasteiger partial charge in [-0.25, -0.2) is 4.79 Å². The molecular formula is C13H21N3O2. The number of aryl methyl sites for hydroxylation is 1. The molecule has 1 fully saturated rings. The number of nitrogen functional groups attached to an aromatic ring is 1. The third-order valence-electron chi connectivity index (χ3n) is 3.87. The first kappa shape index (κ1) is 12.9. The molecule has 0 amide bonds. The van der Waals surface area contributed by atoms with Crippen molar-refractivity contribution < 1.29 is 9.53 Å². The Kier molecular flexibility index (Phi) is 3.59. The van der Waals surface area contributed by atoms with Gasteiger partial charge in [0, 0.05) is 13.2 Å². The van der Waals surface area contributed by atoms with E-state index < -0.39 is 5.97 Å². The second kappa shape index (κ2) is 5.00. The van der Waals surface area contributed by atoms with Crippen molar-refractivity contribution in [3.05, 3.63) is 11.9 Å². The Morgan fingerprint density at radius 1 is 1.44 bits per heavy atom. The van der Waals surface area contributed by atoms with Crippen LogP contribution in [0.1, 0.15) is 43.6 Å². The van der Waals surface area contributed by atoms with Crippen LogP contribution in [0.25, 0.3) is 0 Å². The van der Waals surface area contributed by atoms with Crippen LogP contribution in [0.5, 0.6) is 0 Å². The average molecular weight is 251 g/mol. The van der Waals surface area contributed by atoms with E-state index in [1.165, 1.54) is 4.68 Å². The first-order valence-electron chi connectivity index (χ1n) is 6.47. The minimum Gasteiger partial charge on any atom is -0.458 e. The molecule has 18 heavy (non-hydrogen) atoms. The lowest BCUT2D eigenvalue weighted by Gasteiger charge is -2.31. The number of esters is 1. The maximum Gasteiger partial charge on any atom is 0.361 e. The number of nitrogens with two attached hydrogens (primary N) is 1. The number of hydrogen-bond donors (Lipinski definition) is 1. The molecule has 0 radical (unpaired) electrons. The van der Waals surface area contributed by atoms with E-state index in [-0.39, 0.29) is 11.8 Å². The van der Waals surface area contributed by atoms with Crippen molar-refractivity contribution in [1.29, 1.82) is 0 Å². The van der Waals surface area contributed by atoms with Gasteiger partial charge in [-0.05, 0) is 31.1 Å². The van der Waals surface area contributed by atoms with Crippen LogP contribution >= 0.6 is 0 Å². The van der Waals surface area contributed by atoms with Crippen molar-refractivity contribution in [2.45, 2.75) is 39.2 Å². The van der Waals surface area contributed by atoms with E-state index in [9.17, 15) is 4.79 Å². The first-order chi connectivity index (χ1) is 8.47. The smallest absolute Gasteiger partial charge is 0.361 e. The van der Waals surface area contributed by atoms with Gasteiger partial charge in [0.05, 0.1) is 5.69 Å². The summed E-state index contributed by atoms with van der Waals surface area (Å²) >= 11 is 0. The third-order valence-corrected chi connectivity index (χ3v) is 3.87. The number of aromatic nitrogens is 2. The molecule has 100 valence electrons. The van der Waals surface area contributed by atoms with Crippen LogP contribution in [0, 0.1) is 11.8 Å². The summed E-state index contributed by atoms with van der Waals surface area (Å²) in [5, 5.41) is 4.03. The molecule has 5 nitrogen and oxygen atoms in total. The molecule has 5 heteroatoms. The number of ether oxygens (including phenoxy) is 1. The standard InChI is InChI=1S/C13H21N3O2/c1-8-4-5-10(6-9(8)2)18-13(17)12-11(14)7-16(3)15-12/h7-10H,4-6,14H2,1-3H3. The van der Waals surface area contributed by atoms with Gasteiger partial charge in [0.25, 0.3) is 0 Å². The molecule has 0 bridgehead atoms. The Balaban J connectivity index is 1.98. The molecule has 0 saturated heterocycles. The number of hydrogen-bond acceptors (Lipinski definition) is 4. The lowest BCUT2D eigenvalue weighted by Crippen LogP contribution is -2.29. The molecule has 1 aliphatic rings. The molecule has 3 unspecified atom stereocenters. The van der Waals surface area contributed by atoms with Crippen molar-refractivity contribution >= 4 is 11.7 Å². The molecular weight excluding hydrogens is 230 g/mol. The Bertz CT molecular complexity index is 441. The summed E-state index contributed by atoms with van der Waals surface area (Å²) in [5.74, 6) is 0.900. The zero-order valence-corrected chi connectivity index (χ0v) is 11.2. The van der Waals surface area contributed by atoms with E-state index in [1.807, 2.05) is 0 Å². The van der Waals surface area contributed by atoms with Crippen LogP contribution in [0.4, 0.5) is 5.69 Å². The van der Waals surface area contributed by atoms with E-state index in [1.54, 1.807) is 13.2 Å². The van der Waals surface area contributed by atoms with Crippen molar-refractivity contribution in [3.63, 3.8) is 0 Å². The van der Waals surface area contributed by atoms with Gasteiger partial charge >= 0.3 is 5.97 Å². The fraction of sp³-hybridized carbons (Fsp3) is 0.692. The van der Waals surface area contributed by atoms with Crippen molar-refractivity contribution in [1.82, 2.24) is 9.78 Å². The molecule has 0 aliphatic heterocycles. The average Bonchev–Trinajstić information content (AvgIpc) is 2.63. The molecule has 1 saturated carbocycles. The molecule has 1 aromatic heterocycles. The van der Waals surface area contributed by atoms with E-state index in [0.29, 0.717) is 17.5 Å². The number of anilines is 1. The molecule has 0 spiro atoms. The summed E-state index contributed by atoms with van der Waals surface area (Å²) in [4.78, 5) is 12.0. The third kappa shape index (κ3) is 2.66. The lowest BCUT2D eigenvalue weighted by molar-refractivity contribution is 0.00822. The highest BCUT2D eigenvalue weighted by Gasteiger charge is 2.28. The van der Waals surface area contributed by atoms with Gasteiger partial charge in [0.2, 0.25) is 0 Å². The summed E-state index contributed by atoms with van der Waals surface area (Å²) < 4.78 is 7.02. The molecule has 0 aromatic carbocycles. The summed E-state index contributed by atoms with van der Waals surface area (Å²) in [6.07, 6.45) is 4.59. The Morgan fingerprint density at radius 2 is 2.17 bits per heavy atom. The van der Waals surface area contributed by atoms with Crippen LogP contribution in [0.15, 0.2) is 6.20 Å². The molecule has 1 aromatic rings.